The van der Waals surface area contributed by atoms with Gasteiger partial charge in [0.1, 0.15) is 17.7 Å². The van der Waals surface area contributed by atoms with Gasteiger partial charge in [-0.1, -0.05) is 0 Å². The van der Waals surface area contributed by atoms with Crippen LogP contribution in [0.1, 0.15) is 33.2 Å². The molecule has 0 fully saturated rings. The Hall–Kier alpha value is -2.77. The summed E-state index contributed by atoms with van der Waals surface area (Å²) in [5.41, 5.74) is 1.20. The number of rotatable bonds is 2. The highest BCUT2D eigenvalue weighted by Crippen LogP contribution is 2.32. The Kier molecular flexibility index (Phi) is 4.52. The summed E-state index contributed by atoms with van der Waals surface area (Å²) in [6.07, 6.45) is 2.03. The Morgan fingerprint density at radius 3 is 2.58 bits per heavy atom. The van der Waals surface area contributed by atoms with Gasteiger partial charge in [0.15, 0.2) is 0 Å². The van der Waals surface area contributed by atoms with Gasteiger partial charge in [-0.3, -0.25) is 14.3 Å². The van der Waals surface area contributed by atoms with Crippen molar-refractivity contribution in [2.75, 3.05) is 20.6 Å². The summed E-state index contributed by atoms with van der Waals surface area (Å²) in [6.45, 7) is 1.64. The van der Waals surface area contributed by atoms with Crippen LogP contribution in [0.15, 0.2) is 18.3 Å². The number of carbonyl (C=O) groups is 2. The van der Waals surface area contributed by atoms with Gasteiger partial charge in [0, 0.05) is 45.4 Å². The first-order chi connectivity index (χ1) is 12.2. The van der Waals surface area contributed by atoms with Crippen LogP contribution in [0.3, 0.4) is 0 Å². The average Bonchev–Trinajstić information content (AvgIpc) is 2.97. The van der Waals surface area contributed by atoms with Gasteiger partial charge in [0.25, 0.3) is 5.91 Å². The molecular weight excluding hydrogens is 342 g/mol. The van der Waals surface area contributed by atoms with E-state index < -0.39 is 23.6 Å². The third-order valence-corrected chi connectivity index (χ3v) is 4.70. The Labute approximate surface area is 150 Å². The van der Waals surface area contributed by atoms with Gasteiger partial charge in [-0.25, -0.2) is 8.78 Å². The summed E-state index contributed by atoms with van der Waals surface area (Å²) >= 11 is 0. The number of fused-ring (bicyclic) bond motifs is 1. The first-order valence-electron chi connectivity index (χ1n) is 8.21. The highest BCUT2D eigenvalue weighted by atomic mass is 19.1. The molecule has 0 N–H and O–H groups in total. The van der Waals surface area contributed by atoms with Crippen LogP contribution in [0, 0.1) is 18.6 Å². The number of amides is 2. The van der Waals surface area contributed by atoms with Crippen molar-refractivity contribution in [3.8, 4) is 0 Å². The number of halogens is 2. The van der Waals surface area contributed by atoms with Gasteiger partial charge in [0.2, 0.25) is 5.91 Å². The van der Waals surface area contributed by atoms with E-state index in [-0.39, 0.29) is 23.6 Å². The molecule has 1 atom stereocenters. The fourth-order valence-corrected chi connectivity index (χ4v) is 3.23. The van der Waals surface area contributed by atoms with Crippen LogP contribution < -0.4 is 0 Å². The van der Waals surface area contributed by atoms with Gasteiger partial charge >= 0.3 is 0 Å². The van der Waals surface area contributed by atoms with E-state index in [1.807, 2.05) is 0 Å². The maximum absolute atomic E-state index is 14.3. The van der Waals surface area contributed by atoms with Crippen molar-refractivity contribution in [3.05, 3.63) is 52.3 Å². The first kappa shape index (κ1) is 18.0. The molecule has 0 spiro atoms. The molecule has 2 aromatic rings. The molecule has 1 aliphatic heterocycles. The van der Waals surface area contributed by atoms with E-state index >= 15 is 0 Å². The molecule has 0 radical (unpaired) electrons. The second-order valence-corrected chi connectivity index (χ2v) is 6.64. The summed E-state index contributed by atoms with van der Waals surface area (Å²) in [5.74, 6) is -2.50. The molecule has 0 saturated carbocycles. The van der Waals surface area contributed by atoms with Gasteiger partial charge in [-0.05, 0) is 24.6 Å². The number of aryl methyl sites for hydroxylation is 2. The van der Waals surface area contributed by atoms with Crippen LogP contribution in [0.5, 0.6) is 0 Å². The topological polar surface area (TPSA) is 58.4 Å². The number of aromatic nitrogens is 2. The average molecular weight is 362 g/mol. The minimum Gasteiger partial charge on any atom is -0.347 e. The van der Waals surface area contributed by atoms with Crippen LogP contribution in [-0.4, -0.2) is 52.0 Å². The van der Waals surface area contributed by atoms with Gasteiger partial charge in [0.05, 0.1) is 11.8 Å². The van der Waals surface area contributed by atoms with Crippen molar-refractivity contribution in [3.63, 3.8) is 0 Å². The molecule has 0 aliphatic carbocycles. The molecule has 1 aromatic carbocycles. The Balaban J connectivity index is 2.07. The van der Waals surface area contributed by atoms with E-state index in [1.165, 1.54) is 16.7 Å². The highest BCUT2D eigenvalue weighted by molar-refractivity contribution is 5.98. The van der Waals surface area contributed by atoms with Gasteiger partial charge in [-0.2, -0.15) is 5.10 Å². The first-order valence-corrected chi connectivity index (χ1v) is 8.21. The minimum absolute atomic E-state index is 0.119. The highest BCUT2D eigenvalue weighted by Gasteiger charge is 2.39. The summed E-state index contributed by atoms with van der Waals surface area (Å²) in [4.78, 5) is 28.4. The van der Waals surface area contributed by atoms with Crippen molar-refractivity contribution in [2.45, 2.75) is 19.4 Å². The van der Waals surface area contributed by atoms with E-state index in [0.717, 1.165) is 17.8 Å². The number of hydrogen-bond acceptors (Lipinski definition) is 3. The minimum atomic E-state index is -0.918. The lowest BCUT2D eigenvalue weighted by atomic mass is 9.96. The largest absolute Gasteiger partial charge is 0.347 e. The lowest BCUT2D eigenvalue weighted by Gasteiger charge is -2.36. The predicted molar refractivity (Wildman–Crippen MR) is 90.5 cm³/mol. The second-order valence-electron chi connectivity index (χ2n) is 6.64. The molecule has 1 aliphatic rings. The quantitative estimate of drug-likeness (QED) is 0.819. The Morgan fingerprint density at radius 2 is 1.92 bits per heavy atom. The van der Waals surface area contributed by atoms with E-state index in [0.29, 0.717) is 12.0 Å². The zero-order chi connectivity index (χ0) is 19.2. The maximum Gasteiger partial charge on any atom is 0.257 e. The van der Waals surface area contributed by atoms with Crippen molar-refractivity contribution in [1.82, 2.24) is 19.6 Å². The van der Waals surface area contributed by atoms with E-state index in [9.17, 15) is 18.4 Å². The second kappa shape index (κ2) is 6.51. The van der Waals surface area contributed by atoms with Crippen LogP contribution in [0.25, 0.3) is 0 Å². The SMILES string of the molecule is Cc1cc(F)c(C(=O)N2CCc3c(cnn3C)C2C(=O)N(C)C)cc1F. The summed E-state index contributed by atoms with van der Waals surface area (Å²) in [6, 6.07) is 0.965. The van der Waals surface area contributed by atoms with Crippen molar-refractivity contribution < 1.29 is 18.4 Å². The fraction of sp³-hybridized carbons (Fsp3) is 0.389. The smallest absolute Gasteiger partial charge is 0.257 e. The summed E-state index contributed by atoms with van der Waals surface area (Å²) in [5, 5.41) is 4.17. The molecule has 0 saturated heterocycles. The van der Waals surface area contributed by atoms with Crippen LogP contribution in [0.4, 0.5) is 8.78 Å². The number of nitrogens with zero attached hydrogens (tertiary/aromatic N) is 4. The Morgan fingerprint density at radius 1 is 1.23 bits per heavy atom. The third kappa shape index (κ3) is 2.85. The Bertz CT molecular complexity index is 892. The molecule has 1 unspecified atom stereocenters. The monoisotopic (exact) mass is 362 g/mol. The van der Waals surface area contributed by atoms with Crippen molar-refractivity contribution in [1.29, 1.82) is 0 Å². The molecule has 8 heteroatoms. The number of hydrogen-bond donors (Lipinski definition) is 0. The van der Waals surface area contributed by atoms with Gasteiger partial charge in [-0.15, -0.1) is 0 Å². The van der Waals surface area contributed by atoms with Crippen molar-refractivity contribution in [2.24, 2.45) is 7.05 Å². The van der Waals surface area contributed by atoms with E-state index in [4.69, 9.17) is 0 Å². The molecule has 26 heavy (non-hydrogen) atoms. The third-order valence-electron chi connectivity index (χ3n) is 4.70. The molecule has 3 rings (SSSR count). The van der Waals surface area contributed by atoms with Crippen LogP contribution >= 0.6 is 0 Å². The molecule has 6 nitrogen and oxygen atoms in total. The maximum atomic E-state index is 14.3. The number of benzene rings is 1. The van der Waals surface area contributed by atoms with Crippen LogP contribution in [-0.2, 0) is 18.3 Å². The summed E-state index contributed by atoms with van der Waals surface area (Å²) in [7, 11) is 4.94. The molecule has 2 heterocycles. The lowest BCUT2D eigenvalue weighted by molar-refractivity contribution is -0.134. The molecular formula is C18H20F2N4O2. The zero-order valence-corrected chi connectivity index (χ0v) is 15.1. The molecule has 1 aromatic heterocycles. The van der Waals surface area contributed by atoms with E-state index in [2.05, 4.69) is 5.10 Å². The number of carbonyl (C=O) groups excluding carboxylic acids is 2. The predicted octanol–water partition coefficient (Wildman–Crippen LogP) is 1.83. The zero-order valence-electron chi connectivity index (χ0n) is 15.1. The van der Waals surface area contributed by atoms with Crippen molar-refractivity contribution >= 4 is 11.8 Å². The lowest BCUT2D eigenvalue weighted by Crippen LogP contribution is -2.47. The number of likely N-dealkylation sites (N-methyl/N-ethyl adjacent to an activating group) is 1. The molecule has 138 valence electrons. The fourth-order valence-electron chi connectivity index (χ4n) is 3.23. The molecule has 0 bridgehead atoms. The standard InChI is InChI=1S/C18H20F2N4O2/c1-10-7-14(20)11(8-13(10)19)17(25)24-6-5-15-12(9-21-23(15)4)16(24)18(26)22(2)3/h7-9,16H,5-6H2,1-4H3. The van der Waals surface area contributed by atoms with E-state index in [1.54, 1.807) is 32.0 Å². The molecule has 2 amide bonds. The van der Waals surface area contributed by atoms with Gasteiger partial charge < -0.3 is 9.80 Å². The summed E-state index contributed by atoms with van der Waals surface area (Å²) < 4.78 is 29.8. The normalized spacial score (nSPS) is 16.4. The van der Waals surface area contributed by atoms with Crippen LogP contribution in [0.2, 0.25) is 0 Å².